The van der Waals surface area contributed by atoms with Gasteiger partial charge in [-0.15, -0.1) is 13.2 Å². The number of halogens is 3. The molecule has 0 unspecified atom stereocenters. The molecule has 2 aliphatic rings. The summed E-state index contributed by atoms with van der Waals surface area (Å²) in [4.78, 5) is 29.2. The first-order chi connectivity index (χ1) is 11.7. The molecule has 9 heteroatoms. The Balaban J connectivity index is 1.79. The third-order valence-corrected chi connectivity index (χ3v) is 4.51. The fourth-order valence-corrected chi connectivity index (χ4v) is 3.41. The van der Waals surface area contributed by atoms with Gasteiger partial charge >= 0.3 is 12.4 Å². The molecule has 0 aliphatic carbocycles. The summed E-state index contributed by atoms with van der Waals surface area (Å²) in [7, 11) is 1.68. The van der Waals surface area contributed by atoms with Crippen LogP contribution in [0.2, 0.25) is 0 Å². The Kier molecular flexibility index (Phi) is 4.26. The van der Waals surface area contributed by atoms with E-state index in [1.807, 2.05) is 0 Å². The summed E-state index contributed by atoms with van der Waals surface area (Å²) >= 11 is 0. The summed E-state index contributed by atoms with van der Waals surface area (Å²) in [6.07, 6.45) is -4.80. The Bertz CT molecular complexity index is 695. The average molecular weight is 357 g/mol. The molecule has 0 bridgehead atoms. The fraction of sp³-hybridized carbons (Fsp3) is 0.500. The second-order valence-corrected chi connectivity index (χ2v) is 6.27. The van der Waals surface area contributed by atoms with Crippen LogP contribution in [0.4, 0.5) is 18.0 Å². The lowest BCUT2D eigenvalue weighted by Crippen LogP contribution is -2.58. The molecular weight excluding hydrogens is 339 g/mol. The van der Waals surface area contributed by atoms with E-state index in [9.17, 15) is 22.8 Å². The van der Waals surface area contributed by atoms with Gasteiger partial charge in [0.15, 0.2) is 0 Å². The average Bonchev–Trinajstić information content (AvgIpc) is 2.81. The topological polar surface area (TPSA) is 53.1 Å². The minimum atomic E-state index is -4.80. The molecule has 136 valence electrons. The summed E-state index contributed by atoms with van der Waals surface area (Å²) < 4.78 is 41.6. The summed E-state index contributed by atoms with van der Waals surface area (Å²) in [6, 6.07) is 4.65. The second kappa shape index (κ2) is 6.12. The van der Waals surface area contributed by atoms with Crippen LogP contribution in [0.5, 0.6) is 5.75 Å². The van der Waals surface area contributed by atoms with Crippen molar-refractivity contribution < 1.29 is 27.5 Å². The molecule has 2 heterocycles. The van der Waals surface area contributed by atoms with Gasteiger partial charge < -0.3 is 19.4 Å². The third kappa shape index (κ3) is 3.35. The van der Waals surface area contributed by atoms with Crippen molar-refractivity contribution in [3.8, 4) is 5.75 Å². The number of para-hydroxylation sites is 1. The van der Waals surface area contributed by atoms with E-state index >= 15 is 0 Å². The van der Waals surface area contributed by atoms with E-state index < -0.39 is 12.4 Å². The molecule has 6 nitrogen and oxygen atoms in total. The van der Waals surface area contributed by atoms with Crippen LogP contribution in [0.3, 0.4) is 0 Å². The first kappa shape index (κ1) is 17.4. The predicted molar refractivity (Wildman–Crippen MR) is 81.7 cm³/mol. The largest absolute Gasteiger partial charge is 0.573 e. The van der Waals surface area contributed by atoms with Crippen LogP contribution in [0.15, 0.2) is 24.3 Å². The van der Waals surface area contributed by atoms with Crippen molar-refractivity contribution in [2.24, 2.45) is 0 Å². The number of piperazine rings is 1. The number of likely N-dealkylation sites (N-methyl/N-ethyl adjacent to an activating group) is 1. The van der Waals surface area contributed by atoms with Gasteiger partial charge in [0.25, 0.3) is 0 Å². The van der Waals surface area contributed by atoms with Crippen LogP contribution >= 0.6 is 0 Å². The van der Waals surface area contributed by atoms with E-state index in [-0.39, 0.29) is 35.8 Å². The zero-order valence-corrected chi connectivity index (χ0v) is 13.8. The first-order valence-corrected chi connectivity index (χ1v) is 7.83. The molecule has 3 amide bonds. The Morgan fingerprint density at radius 1 is 1.20 bits per heavy atom. The van der Waals surface area contributed by atoms with Gasteiger partial charge in [0.2, 0.25) is 5.91 Å². The molecule has 2 saturated heterocycles. The lowest BCUT2D eigenvalue weighted by Gasteiger charge is -2.38. The standard InChI is InChI=1S/C16H18F3N3O3/c1-10-14(23)20(2)8-12-9-21(15(24)22(10)12)7-11-5-3-4-6-13(11)25-16(17,18)19/h3-6,10,12H,7-9H2,1-2H3/t10-,12-/m0/s1. The first-order valence-electron chi connectivity index (χ1n) is 7.83. The SMILES string of the molecule is C[C@H]1C(=O)N(C)C[C@H]2CN(Cc3ccccc3OC(F)(F)F)C(=O)N21. The molecule has 2 aliphatic heterocycles. The van der Waals surface area contributed by atoms with Gasteiger partial charge in [-0.05, 0) is 13.0 Å². The highest BCUT2D eigenvalue weighted by Gasteiger charge is 2.46. The van der Waals surface area contributed by atoms with Gasteiger partial charge in [-0.2, -0.15) is 0 Å². The highest BCUT2D eigenvalue weighted by atomic mass is 19.4. The predicted octanol–water partition coefficient (Wildman–Crippen LogP) is 2.05. The van der Waals surface area contributed by atoms with Crippen LogP contribution < -0.4 is 4.74 Å². The van der Waals surface area contributed by atoms with E-state index in [1.54, 1.807) is 24.9 Å². The van der Waals surface area contributed by atoms with Crippen LogP contribution in [0, 0.1) is 0 Å². The third-order valence-electron chi connectivity index (χ3n) is 4.51. The molecule has 3 rings (SSSR count). The number of fused-ring (bicyclic) bond motifs is 1. The lowest BCUT2D eigenvalue weighted by atomic mass is 10.1. The normalized spacial score (nSPS) is 24.0. The van der Waals surface area contributed by atoms with E-state index in [1.165, 1.54) is 28.0 Å². The molecule has 0 aromatic heterocycles. The Hall–Kier alpha value is -2.45. The number of carbonyl (C=O) groups is 2. The number of nitrogens with zero attached hydrogens (tertiary/aromatic N) is 3. The maximum absolute atomic E-state index is 12.6. The van der Waals surface area contributed by atoms with Gasteiger partial charge in [-0.3, -0.25) is 4.79 Å². The number of benzene rings is 1. The molecule has 0 saturated carbocycles. The van der Waals surface area contributed by atoms with Crippen molar-refractivity contribution in [1.29, 1.82) is 0 Å². The maximum atomic E-state index is 12.6. The zero-order valence-electron chi connectivity index (χ0n) is 13.8. The summed E-state index contributed by atoms with van der Waals surface area (Å²) in [6.45, 7) is 2.41. The fourth-order valence-electron chi connectivity index (χ4n) is 3.41. The van der Waals surface area contributed by atoms with Crippen molar-refractivity contribution in [2.45, 2.75) is 31.9 Å². The van der Waals surface area contributed by atoms with Crippen molar-refractivity contribution in [2.75, 3.05) is 20.1 Å². The van der Waals surface area contributed by atoms with E-state index in [0.29, 0.717) is 13.1 Å². The number of amides is 3. The molecule has 2 fully saturated rings. The molecule has 0 N–H and O–H groups in total. The molecule has 1 aromatic rings. The Morgan fingerprint density at radius 2 is 1.88 bits per heavy atom. The number of rotatable bonds is 3. The minimum absolute atomic E-state index is 0.0112. The quantitative estimate of drug-likeness (QED) is 0.832. The van der Waals surface area contributed by atoms with Gasteiger partial charge in [0.1, 0.15) is 11.8 Å². The molecule has 0 radical (unpaired) electrons. The van der Waals surface area contributed by atoms with Crippen molar-refractivity contribution >= 4 is 11.9 Å². The minimum Gasteiger partial charge on any atom is -0.405 e. The number of ether oxygens (including phenoxy) is 1. The van der Waals surface area contributed by atoms with Crippen LogP contribution in [-0.2, 0) is 11.3 Å². The van der Waals surface area contributed by atoms with Crippen molar-refractivity contribution in [3.63, 3.8) is 0 Å². The van der Waals surface area contributed by atoms with Crippen LogP contribution in [0.1, 0.15) is 12.5 Å². The van der Waals surface area contributed by atoms with Crippen LogP contribution in [0.25, 0.3) is 0 Å². The molecular formula is C16H18F3N3O3. The zero-order chi connectivity index (χ0) is 18.4. The van der Waals surface area contributed by atoms with Gasteiger partial charge in [-0.1, -0.05) is 18.2 Å². The van der Waals surface area contributed by atoms with E-state index in [4.69, 9.17) is 0 Å². The molecule has 0 spiro atoms. The highest BCUT2D eigenvalue weighted by molar-refractivity contribution is 5.89. The monoisotopic (exact) mass is 357 g/mol. The Labute approximate surface area is 142 Å². The number of hydrogen-bond acceptors (Lipinski definition) is 3. The smallest absolute Gasteiger partial charge is 0.405 e. The van der Waals surface area contributed by atoms with Gasteiger partial charge in [-0.25, -0.2) is 4.79 Å². The van der Waals surface area contributed by atoms with Crippen LogP contribution in [-0.4, -0.2) is 65.2 Å². The van der Waals surface area contributed by atoms with Crippen molar-refractivity contribution in [1.82, 2.24) is 14.7 Å². The van der Waals surface area contributed by atoms with E-state index in [0.717, 1.165) is 0 Å². The molecule has 2 atom stereocenters. The number of hydrogen-bond donors (Lipinski definition) is 0. The lowest BCUT2D eigenvalue weighted by molar-refractivity contribution is -0.275. The molecule has 25 heavy (non-hydrogen) atoms. The number of alkyl halides is 3. The summed E-state index contributed by atoms with van der Waals surface area (Å²) in [5.41, 5.74) is 0.264. The Morgan fingerprint density at radius 3 is 2.56 bits per heavy atom. The number of carbonyl (C=O) groups excluding carboxylic acids is 2. The van der Waals surface area contributed by atoms with Crippen molar-refractivity contribution in [3.05, 3.63) is 29.8 Å². The highest BCUT2D eigenvalue weighted by Crippen LogP contribution is 2.30. The summed E-state index contributed by atoms with van der Waals surface area (Å²) in [5.74, 6) is -0.471. The van der Waals surface area contributed by atoms with E-state index in [2.05, 4.69) is 4.74 Å². The maximum Gasteiger partial charge on any atom is 0.573 e. The van der Waals surface area contributed by atoms with Gasteiger partial charge in [0.05, 0.1) is 12.6 Å². The number of urea groups is 1. The molecule has 1 aromatic carbocycles. The van der Waals surface area contributed by atoms with Gasteiger partial charge in [0, 0.05) is 25.7 Å². The second-order valence-electron chi connectivity index (χ2n) is 6.27. The summed E-state index contributed by atoms with van der Waals surface area (Å²) in [5, 5.41) is 0.